The van der Waals surface area contributed by atoms with Crippen molar-refractivity contribution in [3.8, 4) is 0 Å². The van der Waals surface area contributed by atoms with Crippen LogP contribution in [0.3, 0.4) is 0 Å². The number of carbonyl (C=O) groups is 1. The lowest BCUT2D eigenvalue weighted by Crippen LogP contribution is -2.51. The van der Waals surface area contributed by atoms with Gasteiger partial charge in [0.2, 0.25) is 5.91 Å². The van der Waals surface area contributed by atoms with Gasteiger partial charge in [0.25, 0.3) is 0 Å². The summed E-state index contributed by atoms with van der Waals surface area (Å²) in [6.07, 6.45) is 5.86. The minimum atomic E-state index is -0.278. The number of halogens is 1. The Morgan fingerprint density at radius 1 is 1.03 bits per heavy atom. The van der Waals surface area contributed by atoms with Crippen LogP contribution in [0, 0.1) is 13.8 Å². The summed E-state index contributed by atoms with van der Waals surface area (Å²) < 4.78 is 1.97. The largest absolute Gasteiger partial charge is 0.339 e. The Bertz CT molecular complexity index is 1090. The number of nitrogens with zero attached hydrogens (tertiary/aromatic N) is 4. The van der Waals surface area contributed by atoms with Crippen molar-refractivity contribution >= 4 is 23.2 Å². The SMILES string of the molecule is Cc1cc(C)cc(C2(C(=O)N3CCN(Cc4cn5cc(Cl)ccc5n4)CC3)CC2)c1. The van der Waals surface area contributed by atoms with Gasteiger partial charge in [0.05, 0.1) is 16.1 Å². The van der Waals surface area contributed by atoms with Crippen LogP contribution in [0.5, 0.6) is 0 Å². The van der Waals surface area contributed by atoms with Gasteiger partial charge in [-0.1, -0.05) is 40.9 Å². The first-order valence-electron chi connectivity index (χ1n) is 10.7. The highest BCUT2D eigenvalue weighted by molar-refractivity contribution is 6.30. The molecule has 1 amide bonds. The van der Waals surface area contributed by atoms with Gasteiger partial charge in [-0.2, -0.15) is 0 Å². The number of hydrogen-bond acceptors (Lipinski definition) is 3. The van der Waals surface area contributed by atoms with E-state index in [-0.39, 0.29) is 5.41 Å². The second kappa shape index (κ2) is 7.40. The van der Waals surface area contributed by atoms with Crippen LogP contribution in [-0.4, -0.2) is 51.3 Å². The normalized spacial score (nSPS) is 18.7. The van der Waals surface area contributed by atoms with Crippen molar-refractivity contribution in [3.63, 3.8) is 0 Å². The summed E-state index contributed by atoms with van der Waals surface area (Å²) in [6.45, 7) is 8.34. The van der Waals surface area contributed by atoms with Crippen molar-refractivity contribution in [1.82, 2.24) is 19.2 Å². The van der Waals surface area contributed by atoms with Gasteiger partial charge in [-0.25, -0.2) is 4.98 Å². The van der Waals surface area contributed by atoms with E-state index in [9.17, 15) is 4.79 Å². The first-order chi connectivity index (χ1) is 14.4. The smallest absolute Gasteiger partial charge is 0.233 e. The molecule has 2 aromatic heterocycles. The summed E-state index contributed by atoms with van der Waals surface area (Å²) >= 11 is 6.07. The van der Waals surface area contributed by atoms with Crippen molar-refractivity contribution in [2.75, 3.05) is 26.2 Å². The van der Waals surface area contributed by atoms with Gasteiger partial charge in [-0.05, 0) is 44.4 Å². The number of hydrogen-bond donors (Lipinski definition) is 0. The molecular formula is C24H27ClN4O. The van der Waals surface area contributed by atoms with E-state index in [1.807, 2.05) is 28.9 Å². The van der Waals surface area contributed by atoms with E-state index >= 15 is 0 Å². The van der Waals surface area contributed by atoms with Crippen molar-refractivity contribution in [3.05, 3.63) is 70.1 Å². The number of pyridine rings is 1. The fraction of sp³-hybridized carbons (Fsp3) is 0.417. The third-order valence-corrected chi connectivity index (χ3v) is 6.67. The summed E-state index contributed by atoms with van der Waals surface area (Å²) in [5, 5.41) is 0.705. The van der Waals surface area contributed by atoms with Crippen molar-refractivity contribution in [2.45, 2.75) is 38.6 Å². The van der Waals surface area contributed by atoms with E-state index in [1.54, 1.807) is 0 Å². The van der Waals surface area contributed by atoms with E-state index < -0.39 is 0 Å². The molecule has 2 fully saturated rings. The molecule has 0 N–H and O–H groups in total. The lowest BCUT2D eigenvalue weighted by atomic mass is 9.91. The predicted octanol–water partition coefficient (Wildman–Crippen LogP) is 3.98. The average Bonchev–Trinajstić information content (AvgIpc) is 3.43. The van der Waals surface area contributed by atoms with Gasteiger partial charge >= 0.3 is 0 Å². The molecule has 5 rings (SSSR count). The van der Waals surface area contributed by atoms with Gasteiger partial charge in [-0.15, -0.1) is 0 Å². The highest BCUT2D eigenvalue weighted by Gasteiger charge is 2.53. The summed E-state index contributed by atoms with van der Waals surface area (Å²) in [6, 6.07) is 10.4. The van der Waals surface area contributed by atoms with Crippen LogP contribution in [0.15, 0.2) is 42.7 Å². The maximum atomic E-state index is 13.4. The molecule has 6 heteroatoms. The molecule has 1 aromatic carbocycles. The Balaban J connectivity index is 1.23. The quantitative estimate of drug-likeness (QED) is 0.638. The Kier molecular flexibility index (Phi) is 4.83. The van der Waals surface area contributed by atoms with Crippen LogP contribution < -0.4 is 0 Å². The van der Waals surface area contributed by atoms with E-state index in [4.69, 9.17) is 11.6 Å². The fourth-order valence-electron chi connectivity index (χ4n) is 4.74. The summed E-state index contributed by atoms with van der Waals surface area (Å²) in [5.74, 6) is 0.314. The van der Waals surface area contributed by atoms with Crippen molar-refractivity contribution < 1.29 is 4.79 Å². The average molecular weight is 423 g/mol. The zero-order chi connectivity index (χ0) is 20.9. The molecule has 1 saturated heterocycles. The molecule has 1 saturated carbocycles. The minimum Gasteiger partial charge on any atom is -0.339 e. The number of imidazole rings is 1. The molecule has 3 aromatic rings. The topological polar surface area (TPSA) is 40.9 Å². The Hall–Kier alpha value is -2.37. The second-order valence-electron chi connectivity index (χ2n) is 8.87. The summed E-state index contributed by atoms with van der Waals surface area (Å²) in [4.78, 5) is 22.5. The maximum Gasteiger partial charge on any atom is 0.233 e. The molecule has 0 bridgehead atoms. The Morgan fingerprint density at radius 3 is 2.40 bits per heavy atom. The van der Waals surface area contributed by atoms with Gasteiger partial charge in [0.1, 0.15) is 5.65 Å². The van der Waals surface area contributed by atoms with Gasteiger partial charge < -0.3 is 9.30 Å². The molecule has 156 valence electrons. The first-order valence-corrected chi connectivity index (χ1v) is 11.0. The third-order valence-electron chi connectivity index (χ3n) is 6.44. The summed E-state index contributed by atoms with van der Waals surface area (Å²) in [5.41, 5.74) is 5.35. The van der Waals surface area contributed by atoms with Crippen LogP contribution in [0.25, 0.3) is 5.65 Å². The van der Waals surface area contributed by atoms with E-state index in [0.717, 1.165) is 56.9 Å². The van der Waals surface area contributed by atoms with Crippen LogP contribution in [-0.2, 0) is 16.8 Å². The predicted molar refractivity (Wildman–Crippen MR) is 119 cm³/mol. The molecule has 3 heterocycles. The van der Waals surface area contributed by atoms with Crippen molar-refractivity contribution in [2.24, 2.45) is 0 Å². The molecule has 0 unspecified atom stereocenters. The monoisotopic (exact) mass is 422 g/mol. The molecule has 1 aliphatic heterocycles. The molecule has 5 nitrogen and oxygen atoms in total. The zero-order valence-corrected chi connectivity index (χ0v) is 18.3. The second-order valence-corrected chi connectivity index (χ2v) is 9.31. The maximum absolute atomic E-state index is 13.4. The van der Waals surface area contributed by atoms with Crippen LogP contribution >= 0.6 is 11.6 Å². The Labute approximate surface area is 182 Å². The molecule has 0 atom stereocenters. The summed E-state index contributed by atoms with van der Waals surface area (Å²) in [7, 11) is 0. The number of rotatable bonds is 4. The van der Waals surface area contributed by atoms with E-state index in [1.165, 1.54) is 16.7 Å². The van der Waals surface area contributed by atoms with Gasteiger partial charge in [0.15, 0.2) is 0 Å². The van der Waals surface area contributed by atoms with Gasteiger partial charge in [-0.3, -0.25) is 9.69 Å². The van der Waals surface area contributed by atoms with E-state index in [0.29, 0.717) is 10.9 Å². The molecular weight excluding hydrogens is 396 g/mol. The first kappa shape index (κ1) is 19.6. The highest BCUT2D eigenvalue weighted by Crippen LogP contribution is 2.50. The zero-order valence-electron chi connectivity index (χ0n) is 17.6. The molecule has 30 heavy (non-hydrogen) atoms. The number of fused-ring (bicyclic) bond motifs is 1. The van der Waals surface area contributed by atoms with Gasteiger partial charge in [0, 0.05) is 45.1 Å². The standard InChI is InChI=1S/C24H27ClN4O/c1-17-11-18(2)13-19(12-17)24(5-6-24)23(30)28-9-7-27(8-10-28)15-21-16-29-14-20(25)3-4-22(29)26-21/h3-4,11-14,16H,5-10,15H2,1-2H3. The molecule has 0 radical (unpaired) electrons. The van der Waals surface area contributed by atoms with Crippen LogP contribution in [0.2, 0.25) is 5.02 Å². The molecule has 2 aliphatic rings. The minimum absolute atomic E-state index is 0.278. The number of piperazine rings is 1. The number of aryl methyl sites for hydroxylation is 2. The highest BCUT2D eigenvalue weighted by atomic mass is 35.5. The fourth-order valence-corrected chi connectivity index (χ4v) is 4.90. The lowest BCUT2D eigenvalue weighted by molar-refractivity contribution is -0.135. The Morgan fingerprint density at radius 2 is 1.73 bits per heavy atom. The number of benzene rings is 1. The third kappa shape index (κ3) is 3.61. The lowest BCUT2D eigenvalue weighted by Gasteiger charge is -2.36. The molecule has 0 spiro atoms. The van der Waals surface area contributed by atoms with Crippen LogP contribution in [0.4, 0.5) is 0 Å². The van der Waals surface area contributed by atoms with Crippen LogP contribution in [0.1, 0.15) is 35.2 Å². The van der Waals surface area contributed by atoms with Crippen molar-refractivity contribution in [1.29, 1.82) is 0 Å². The number of amides is 1. The number of aromatic nitrogens is 2. The van der Waals surface area contributed by atoms with E-state index in [2.05, 4.69) is 46.8 Å². The number of carbonyl (C=O) groups excluding carboxylic acids is 1. The molecule has 1 aliphatic carbocycles.